The molecule has 5 atom stereocenters. The topological polar surface area (TPSA) is 113 Å². The summed E-state index contributed by atoms with van der Waals surface area (Å²) in [5, 5.41) is 9.00. The first-order chi connectivity index (χ1) is 15.6. The minimum absolute atomic E-state index is 0.175. The van der Waals surface area contributed by atoms with Crippen molar-refractivity contribution in [2.45, 2.75) is 90.4 Å². The summed E-state index contributed by atoms with van der Waals surface area (Å²) in [5.74, 6) is 0. The molecule has 2 aliphatic rings. The molecule has 1 aromatic rings. The number of likely N-dealkylation sites (tertiary alicyclic amines) is 1. The van der Waals surface area contributed by atoms with Gasteiger partial charge in [-0.2, -0.15) is 5.26 Å². The third-order valence-electron chi connectivity index (χ3n) is 6.39. The summed E-state index contributed by atoms with van der Waals surface area (Å²) < 4.78 is 23.1. The maximum absolute atomic E-state index is 12.7. The van der Waals surface area contributed by atoms with Gasteiger partial charge in [0.1, 0.15) is 11.7 Å². The molecule has 2 fully saturated rings. The number of rotatable bonds is 10. The molecule has 11 heteroatoms. The average Bonchev–Trinajstić information content (AvgIpc) is 3.18. The minimum Gasteiger partial charge on any atom is -0.346 e. The van der Waals surface area contributed by atoms with Crippen molar-refractivity contribution in [1.29, 1.82) is 5.26 Å². The van der Waals surface area contributed by atoms with E-state index < -0.39 is 31.6 Å². The second-order valence-corrected chi connectivity index (χ2v) is 10.8. The highest BCUT2D eigenvalue weighted by atomic mass is 31.2. The van der Waals surface area contributed by atoms with E-state index in [9.17, 15) is 9.59 Å². The second kappa shape index (κ2) is 10.3. The molecule has 0 radical (unpaired) electrons. The van der Waals surface area contributed by atoms with Crippen LogP contribution in [0, 0.1) is 18.3 Å². The van der Waals surface area contributed by atoms with Crippen molar-refractivity contribution in [1.82, 2.24) is 19.1 Å². The molecule has 33 heavy (non-hydrogen) atoms. The van der Waals surface area contributed by atoms with Gasteiger partial charge in [-0.1, -0.05) is 6.92 Å². The largest absolute Gasteiger partial charge is 0.346 e. The van der Waals surface area contributed by atoms with Crippen LogP contribution in [-0.4, -0.2) is 69.2 Å². The van der Waals surface area contributed by atoms with Crippen molar-refractivity contribution in [2.75, 3.05) is 20.2 Å². The van der Waals surface area contributed by atoms with E-state index in [1.54, 1.807) is 13.1 Å². The van der Waals surface area contributed by atoms with Crippen LogP contribution in [0.25, 0.3) is 0 Å². The van der Waals surface area contributed by atoms with Crippen LogP contribution in [0.1, 0.15) is 59.3 Å². The molecule has 1 aromatic heterocycles. The molecule has 0 aromatic carbocycles. The molecule has 0 amide bonds. The number of aryl methyl sites for hydroxylation is 1. The number of morpholine rings is 1. The van der Waals surface area contributed by atoms with E-state index in [1.165, 1.54) is 4.57 Å². The summed E-state index contributed by atoms with van der Waals surface area (Å²) in [6, 6.07) is 2.24. The lowest BCUT2D eigenvalue weighted by molar-refractivity contribution is -0.133. The number of nitriles is 1. The quantitative estimate of drug-likeness (QED) is 0.401. The van der Waals surface area contributed by atoms with Crippen molar-refractivity contribution in [3.63, 3.8) is 0 Å². The van der Waals surface area contributed by atoms with E-state index in [0.29, 0.717) is 18.5 Å². The molecule has 0 spiro atoms. The molecule has 2 saturated heterocycles. The zero-order valence-corrected chi connectivity index (χ0v) is 21.5. The molecule has 3 heterocycles. The van der Waals surface area contributed by atoms with Crippen molar-refractivity contribution in [3.05, 3.63) is 32.6 Å². The normalized spacial score (nSPS) is 28.2. The number of aromatic amines is 1. The predicted octanol–water partition coefficient (Wildman–Crippen LogP) is 2.50. The van der Waals surface area contributed by atoms with Crippen molar-refractivity contribution in [3.8, 4) is 6.07 Å². The van der Waals surface area contributed by atoms with Crippen molar-refractivity contribution in [2.24, 2.45) is 0 Å². The first kappa shape index (κ1) is 26.0. The number of H-pyrrole nitrogens is 1. The summed E-state index contributed by atoms with van der Waals surface area (Å²) in [7, 11) is 0.527. The summed E-state index contributed by atoms with van der Waals surface area (Å²) in [4.78, 5) is 29.1. The zero-order valence-electron chi connectivity index (χ0n) is 20.6. The van der Waals surface area contributed by atoms with Gasteiger partial charge >= 0.3 is 5.69 Å². The highest BCUT2D eigenvalue weighted by Gasteiger charge is 2.64. The van der Waals surface area contributed by atoms with Gasteiger partial charge in [-0.3, -0.25) is 19.2 Å². The summed E-state index contributed by atoms with van der Waals surface area (Å²) in [6.07, 6.45) is 1.59. The van der Waals surface area contributed by atoms with E-state index in [0.717, 1.165) is 0 Å². The molecule has 0 saturated carbocycles. The van der Waals surface area contributed by atoms with Crippen LogP contribution < -0.4 is 11.2 Å². The number of fused-ring (bicyclic) bond motifs is 2. The SMILES string of the molecule is CC[C@]12CN(C)[C@@H](C1OP(OCCC#N)N(C(C)C)C(C)C)[C@H](n1cc(C)c(=O)[nH]c1=O)O2. The molecule has 2 unspecified atom stereocenters. The van der Waals surface area contributed by atoms with Gasteiger partial charge in [0.2, 0.25) is 0 Å². The number of hydrogen-bond donors (Lipinski definition) is 1. The number of likely N-dealkylation sites (N-methyl/N-ethyl adjacent to an activating group) is 1. The lowest BCUT2D eigenvalue weighted by atomic mass is 9.96. The third kappa shape index (κ3) is 4.95. The van der Waals surface area contributed by atoms with Gasteiger partial charge in [0, 0.05) is 30.4 Å². The highest BCUT2D eigenvalue weighted by Crippen LogP contribution is 2.56. The molecule has 2 aliphatic heterocycles. The van der Waals surface area contributed by atoms with Crippen LogP contribution in [0.15, 0.2) is 15.8 Å². The summed E-state index contributed by atoms with van der Waals surface area (Å²) in [5.41, 5.74) is -1.07. The van der Waals surface area contributed by atoms with Crippen LogP contribution in [0.5, 0.6) is 0 Å². The first-order valence-electron chi connectivity index (χ1n) is 11.5. The van der Waals surface area contributed by atoms with Gasteiger partial charge in [-0.25, -0.2) is 9.46 Å². The monoisotopic (exact) mass is 481 g/mol. The van der Waals surface area contributed by atoms with E-state index >= 15 is 0 Å². The average molecular weight is 482 g/mol. The predicted molar refractivity (Wildman–Crippen MR) is 126 cm³/mol. The lowest BCUT2D eigenvalue weighted by Crippen LogP contribution is -2.47. The van der Waals surface area contributed by atoms with Crippen LogP contribution in [-0.2, 0) is 13.8 Å². The maximum Gasteiger partial charge on any atom is 0.330 e. The Balaban J connectivity index is 1.98. The number of aromatic nitrogens is 2. The Morgan fingerprint density at radius 3 is 2.61 bits per heavy atom. The lowest BCUT2D eigenvalue weighted by Gasteiger charge is -2.38. The Kier molecular flexibility index (Phi) is 8.15. The Hall–Kier alpha value is -1.60. The van der Waals surface area contributed by atoms with Crippen LogP contribution in [0.2, 0.25) is 0 Å². The van der Waals surface area contributed by atoms with E-state index in [-0.39, 0.29) is 37.3 Å². The van der Waals surface area contributed by atoms with Gasteiger partial charge in [-0.05, 0) is 48.1 Å². The maximum atomic E-state index is 12.7. The molecule has 3 rings (SSSR count). The second-order valence-electron chi connectivity index (χ2n) is 9.38. The van der Waals surface area contributed by atoms with Gasteiger partial charge in [0.15, 0.2) is 6.23 Å². The molecule has 184 valence electrons. The summed E-state index contributed by atoms with van der Waals surface area (Å²) in [6.45, 7) is 13.1. The molecule has 2 bridgehead atoms. The summed E-state index contributed by atoms with van der Waals surface area (Å²) >= 11 is 0. The van der Waals surface area contributed by atoms with E-state index in [1.807, 2.05) is 7.05 Å². The molecular formula is C22H36N5O5P. The first-order valence-corrected chi connectivity index (χ1v) is 12.6. The fourth-order valence-corrected chi connectivity index (χ4v) is 6.70. The molecule has 10 nitrogen and oxygen atoms in total. The standard InChI is InChI=1S/C22H36N5O5P/c1-8-22-13-25(7)17(20(31-22)26-12-16(6)19(28)24-21(26)29)18(22)32-33(30-11-9-10-23)27(14(2)3)15(4)5/h12,14-15,17-18,20H,8-9,11,13H2,1-7H3,(H,24,28,29)/t17-,18?,20+,22-,33?/m0/s1. The molecular weight excluding hydrogens is 445 g/mol. The van der Waals surface area contributed by atoms with Gasteiger partial charge in [-0.15, -0.1) is 0 Å². The van der Waals surface area contributed by atoms with E-state index in [2.05, 4.69) is 55.2 Å². The molecule has 0 aliphatic carbocycles. The van der Waals surface area contributed by atoms with Gasteiger partial charge in [0.05, 0.1) is 25.1 Å². The third-order valence-corrected chi connectivity index (χ3v) is 8.50. The van der Waals surface area contributed by atoms with E-state index in [4.69, 9.17) is 19.0 Å². The Bertz CT molecular complexity index is 981. The minimum atomic E-state index is -1.47. The number of ether oxygens (including phenoxy) is 1. The van der Waals surface area contributed by atoms with Crippen LogP contribution >= 0.6 is 8.53 Å². The molecule has 1 N–H and O–H groups in total. The highest BCUT2D eigenvalue weighted by molar-refractivity contribution is 7.44. The Morgan fingerprint density at radius 2 is 2.03 bits per heavy atom. The zero-order chi connectivity index (χ0) is 24.5. The number of nitrogens with one attached hydrogen (secondary N) is 1. The Labute approximate surface area is 196 Å². The number of nitrogens with zero attached hydrogens (tertiary/aromatic N) is 4. The van der Waals surface area contributed by atoms with Crippen LogP contribution in [0.4, 0.5) is 0 Å². The van der Waals surface area contributed by atoms with Gasteiger partial charge < -0.3 is 13.8 Å². The van der Waals surface area contributed by atoms with Gasteiger partial charge in [0.25, 0.3) is 14.1 Å². The smallest absolute Gasteiger partial charge is 0.330 e. The van der Waals surface area contributed by atoms with Crippen molar-refractivity contribution >= 4 is 8.53 Å². The fraction of sp³-hybridized carbons (Fsp3) is 0.773. The Morgan fingerprint density at radius 1 is 1.36 bits per heavy atom. The van der Waals surface area contributed by atoms with Crippen LogP contribution in [0.3, 0.4) is 0 Å². The number of hydrogen-bond acceptors (Lipinski definition) is 8. The van der Waals surface area contributed by atoms with Crippen molar-refractivity contribution < 1.29 is 13.8 Å². The fourth-order valence-electron chi connectivity index (χ4n) is 4.88.